The SMILES string of the molecule is COc1cc(C=CC(=O)Nc2cccc([N+](=O)[O-])c2)ccc1OCc1ccccc1. The van der Waals surface area contributed by atoms with Crippen molar-refractivity contribution in [1.29, 1.82) is 0 Å². The zero-order chi connectivity index (χ0) is 21.3. The van der Waals surface area contributed by atoms with Crippen LogP contribution in [-0.2, 0) is 11.4 Å². The van der Waals surface area contributed by atoms with E-state index in [1.165, 1.54) is 24.3 Å². The molecule has 0 spiro atoms. The molecule has 7 nitrogen and oxygen atoms in total. The molecule has 0 radical (unpaired) electrons. The second-order valence-electron chi connectivity index (χ2n) is 6.31. The summed E-state index contributed by atoms with van der Waals surface area (Å²) in [6.45, 7) is 0.415. The number of non-ortho nitro benzene ring substituents is 1. The summed E-state index contributed by atoms with van der Waals surface area (Å²) >= 11 is 0. The molecule has 0 bridgehead atoms. The smallest absolute Gasteiger partial charge is 0.271 e. The first-order chi connectivity index (χ1) is 14.5. The first kappa shape index (κ1) is 20.6. The monoisotopic (exact) mass is 404 g/mol. The summed E-state index contributed by atoms with van der Waals surface area (Å²) in [5.41, 5.74) is 2.04. The van der Waals surface area contributed by atoms with Crippen LogP contribution in [0.3, 0.4) is 0 Å². The predicted molar refractivity (Wildman–Crippen MR) is 115 cm³/mol. The number of hydrogen-bond donors (Lipinski definition) is 1. The molecule has 0 aliphatic carbocycles. The molecule has 3 rings (SSSR count). The molecule has 0 atom stereocenters. The molecular weight excluding hydrogens is 384 g/mol. The number of rotatable bonds is 8. The zero-order valence-corrected chi connectivity index (χ0v) is 16.3. The van der Waals surface area contributed by atoms with Gasteiger partial charge in [-0.2, -0.15) is 0 Å². The van der Waals surface area contributed by atoms with Crippen molar-refractivity contribution < 1.29 is 19.2 Å². The number of nitro benzene ring substituents is 1. The molecule has 0 saturated heterocycles. The fourth-order valence-corrected chi connectivity index (χ4v) is 2.70. The minimum atomic E-state index is -0.515. The van der Waals surface area contributed by atoms with Crippen molar-refractivity contribution in [1.82, 2.24) is 0 Å². The van der Waals surface area contributed by atoms with Crippen LogP contribution in [0, 0.1) is 10.1 Å². The Balaban J connectivity index is 1.64. The van der Waals surface area contributed by atoms with Crippen LogP contribution in [0.2, 0.25) is 0 Å². The predicted octanol–water partition coefficient (Wildman–Crippen LogP) is 4.83. The first-order valence-corrected chi connectivity index (χ1v) is 9.13. The molecule has 7 heteroatoms. The van der Waals surface area contributed by atoms with E-state index in [-0.39, 0.29) is 5.69 Å². The third-order valence-electron chi connectivity index (χ3n) is 4.18. The summed E-state index contributed by atoms with van der Waals surface area (Å²) in [4.78, 5) is 22.4. The van der Waals surface area contributed by atoms with Crippen molar-refractivity contribution in [2.24, 2.45) is 0 Å². The third kappa shape index (κ3) is 5.68. The molecule has 0 unspecified atom stereocenters. The number of anilines is 1. The van der Waals surface area contributed by atoms with Gasteiger partial charge in [-0.05, 0) is 35.4 Å². The molecule has 0 aliphatic heterocycles. The topological polar surface area (TPSA) is 90.7 Å². The van der Waals surface area contributed by atoms with E-state index in [1.807, 2.05) is 30.3 Å². The van der Waals surface area contributed by atoms with Gasteiger partial charge in [0.1, 0.15) is 6.61 Å². The lowest BCUT2D eigenvalue weighted by atomic mass is 10.2. The molecule has 3 aromatic carbocycles. The lowest BCUT2D eigenvalue weighted by molar-refractivity contribution is -0.384. The lowest BCUT2D eigenvalue weighted by Crippen LogP contribution is -2.07. The molecule has 0 saturated carbocycles. The van der Waals surface area contributed by atoms with E-state index in [0.717, 1.165) is 11.1 Å². The number of methoxy groups -OCH3 is 1. The van der Waals surface area contributed by atoms with Crippen LogP contribution < -0.4 is 14.8 Å². The van der Waals surface area contributed by atoms with Gasteiger partial charge in [-0.3, -0.25) is 14.9 Å². The molecule has 0 fully saturated rings. The van der Waals surface area contributed by atoms with Crippen LogP contribution in [-0.4, -0.2) is 17.9 Å². The maximum atomic E-state index is 12.1. The highest BCUT2D eigenvalue weighted by atomic mass is 16.6. The van der Waals surface area contributed by atoms with Crippen LogP contribution in [0.15, 0.2) is 78.9 Å². The Kier molecular flexibility index (Phi) is 6.78. The van der Waals surface area contributed by atoms with Crippen molar-refractivity contribution in [2.45, 2.75) is 6.61 Å². The van der Waals surface area contributed by atoms with Crippen molar-refractivity contribution in [2.75, 3.05) is 12.4 Å². The number of carbonyl (C=O) groups is 1. The van der Waals surface area contributed by atoms with E-state index >= 15 is 0 Å². The van der Waals surface area contributed by atoms with E-state index in [2.05, 4.69) is 5.32 Å². The number of hydrogen-bond acceptors (Lipinski definition) is 5. The number of nitrogens with one attached hydrogen (secondary N) is 1. The van der Waals surface area contributed by atoms with Gasteiger partial charge in [-0.1, -0.05) is 42.5 Å². The minimum Gasteiger partial charge on any atom is -0.493 e. The van der Waals surface area contributed by atoms with Gasteiger partial charge >= 0.3 is 0 Å². The highest BCUT2D eigenvalue weighted by Gasteiger charge is 2.08. The number of carbonyl (C=O) groups excluding carboxylic acids is 1. The van der Waals surface area contributed by atoms with Crippen molar-refractivity contribution >= 4 is 23.4 Å². The average molecular weight is 404 g/mol. The van der Waals surface area contributed by atoms with E-state index < -0.39 is 10.8 Å². The first-order valence-electron chi connectivity index (χ1n) is 9.13. The Morgan fingerprint density at radius 2 is 1.83 bits per heavy atom. The number of amides is 1. The van der Waals surface area contributed by atoms with Crippen LogP contribution in [0.4, 0.5) is 11.4 Å². The maximum Gasteiger partial charge on any atom is 0.271 e. The molecule has 152 valence electrons. The van der Waals surface area contributed by atoms with Crippen molar-refractivity contribution in [3.05, 3.63) is 100 Å². The number of nitrogens with zero attached hydrogens (tertiary/aromatic N) is 1. The Morgan fingerprint density at radius 3 is 2.57 bits per heavy atom. The van der Waals surface area contributed by atoms with Crippen molar-refractivity contribution in [3.8, 4) is 11.5 Å². The molecule has 1 N–H and O–H groups in total. The van der Waals surface area contributed by atoms with Gasteiger partial charge in [0.25, 0.3) is 5.69 Å². The van der Waals surface area contributed by atoms with Gasteiger partial charge in [0.15, 0.2) is 11.5 Å². The summed E-state index contributed by atoms with van der Waals surface area (Å²) in [5.74, 6) is 0.741. The number of benzene rings is 3. The molecular formula is C23H20N2O5. The van der Waals surface area contributed by atoms with Gasteiger partial charge in [0.2, 0.25) is 5.91 Å². The van der Waals surface area contributed by atoms with E-state index in [4.69, 9.17) is 9.47 Å². The lowest BCUT2D eigenvalue weighted by Gasteiger charge is -2.11. The normalized spacial score (nSPS) is 10.6. The Morgan fingerprint density at radius 1 is 1.03 bits per heavy atom. The second kappa shape index (κ2) is 9.88. The summed E-state index contributed by atoms with van der Waals surface area (Å²) in [6, 6.07) is 20.9. The Labute approximate surface area is 173 Å². The Hall–Kier alpha value is -4.13. The highest BCUT2D eigenvalue weighted by Crippen LogP contribution is 2.29. The molecule has 0 aliphatic rings. The molecule has 1 amide bonds. The van der Waals surface area contributed by atoms with E-state index in [1.54, 1.807) is 37.5 Å². The number of ether oxygens (including phenoxy) is 2. The zero-order valence-electron chi connectivity index (χ0n) is 16.3. The van der Waals surface area contributed by atoms with E-state index in [9.17, 15) is 14.9 Å². The van der Waals surface area contributed by atoms with Crippen LogP contribution in [0.5, 0.6) is 11.5 Å². The molecule has 0 aromatic heterocycles. The van der Waals surface area contributed by atoms with Crippen LogP contribution in [0.1, 0.15) is 11.1 Å². The third-order valence-corrected chi connectivity index (χ3v) is 4.18. The van der Waals surface area contributed by atoms with E-state index in [0.29, 0.717) is 23.8 Å². The van der Waals surface area contributed by atoms with Gasteiger partial charge in [0, 0.05) is 23.9 Å². The van der Waals surface area contributed by atoms with Gasteiger partial charge in [-0.15, -0.1) is 0 Å². The van der Waals surface area contributed by atoms with Crippen LogP contribution in [0.25, 0.3) is 6.08 Å². The fourth-order valence-electron chi connectivity index (χ4n) is 2.70. The minimum absolute atomic E-state index is 0.0902. The Bertz CT molecular complexity index is 1060. The average Bonchev–Trinajstić information content (AvgIpc) is 2.77. The quantitative estimate of drug-likeness (QED) is 0.330. The van der Waals surface area contributed by atoms with Crippen LogP contribution >= 0.6 is 0 Å². The highest BCUT2D eigenvalue weighted by molar-refractivity contribution is 6.02. The summed E-state index contributed by atoms with van der Waals surface area (Å²) in [5, 5.41) is 13.4. The van der Waals surface area contributed by atoms with Gasteiger partial charge in [-0.25, -0.2) is 0 Å². The molecule has 3 aromatic rings. The summed E-state index contributed by atoms with van der Waals surface area (Å²) in [7, 11) is 1.55. The molecule has 0 heterocycles. The summed E-state index contributed by atoms with van der Waals surface area (Å²) in [6.07, 6.45) is 2.97. The van der Waals surface area contributed by atoms with Crippen molar-refractivity contribution in [3.63, 3.8) is 0 Å². The largest absolute Gasteiger partial charge is 0.493 e. The van der Waals surface area contributed by atoms with Gasteiger partial charge < -0.3 is 14.8 Å². The molecule has 30 heavy (non-hydrogen) atoms. The summed E-state index contributed by atoms with van der Waals surface area (Å²) < 4.78 is 11.2. The second-order valence-corrected chi connectivity index (χ2v) is 6.31. The maximum absolute atomic E-state index is 12.1. The fraction of sp³-hybridized carbons (Fsp3) is 0.0870. The standard InChI is InChI=1S/C23H20N2O5/c1-29-22-14-17(10-12-21(22)30-16-18-6-3-2-4-7-18)11-13-23(26)24-19-8-5-9-20(15-19)25(27)28/h2-15H,16H2,1H3,(H,24,26). The number of nitro groups is 1. The van der Waals surface area contributed by atoms with Gasteiger partial charge in [0.05, 0.1) is 12.0 Å².